The number of methoxy groups -OCH3 is 2. The Labute approximate surface area is 87.2 Å². The summed E-state index contributed by atoms with van der Waals surface area (Å²) in [5.41, 5.74) is 0.470. The maximum absolute atomic E-state index is 5.19. The molecule has 84 valence electrons. The van der Waals surface area contributed by atoms with E-state index in [0.29, 0.717) is 5.41 Å². The molecule has 1 N–H and O–H groups in total. The Kier molecular flexibility index (Phi) is 5.45. The van der Waals surface area contributed by atoms with Crippen molar-refractivity contribution in [2.45, 2.75) is 25.7 Å². The average molecular weight is 201 g/mol. The summed E-state index contributed by atoms with van der Waals surface area (Å²) in [6.45, 7) is 4.05. The Bertz CT molecular complexity index is 134. The van der Waals surface area contributed by atoms with Gasteiger partial charge in [0.15, 0.2) is 0 Å². The largest absolute Gasteiger partial charge is 0.385 e. The summed E-state index contributed by atoms with van der Waals surface area (Å²) in [6.07, 6.45) is 4.88. The predicted molar refractivity (Wildman–Crippen MR) is 57.5 cm³/mol. The molecule has 0 amide bonds. The molecule has 1 aliphatic heterocycles. The lowest BCUT2D eigenvalue weighted by atomic mass is 9.74. The van der Waals surface area contributed by atoms with Crippen molar-refractivity contribution in [1.29, 1.82) is 0 Å². The lowest BCUT2D eigenvalue weighted by Crippen LogP contribution is -2.38. The fourth-order valence-electron chi connectivity index (χ4n) is 2.22. The van der Waals surface area contributed by atoms with E-state index in [4.69, 9.17) is 9.47 Å². The second-order valence-electron chi connectivity index (χ2n) is 4.24. The van der Waals surface area contributed by atoms with Crippen molar-refractivity contribution in [2.24, 2.45) is 5.41 Å². The molecule has 0 atom stereocenters. The Balaban J connectivity index is 2.39. The fourth-order valence-corrected chi connectivity index (χ4v) is 2.22. The van der Waals surface area contributed by atoms with E-state index in [9.17, 15) is 0 Å². The van der Waals surface area contributed by atoms with Gasteiger partial charge in [-0.2, -0.15) is 0 Å². The first-order valence-electron chi connectivity index (χ1n) is 5.52. The molecule has 0 radical (unpaired) electrons. The minimum Gasteiger partial charge on any atom is -0.385 e. The molecule has 3 nitrogen and oxygen atoms in total. The summed E-state index contributed by atoms with van der Waals surface area (Å²) in [6, 6.07) is 0. The van der Waals surface area contributed by atoms with Crippen LogP contribution in [0.2, 0.25) is 0 Å². The normalized spacial score (nSPS) is 21.0. The van der Waals surface area contributed by atoms with E-state index in [2.05, 4.69) is 5.32 Å². The van der Waals surface area contributed by atoms with Crippen LogP contribution in [0.25, 0.3) is 0 Å². The molecule has 0 unspecified atom stereocenters. The molecule has 1 fully saturated rings. The van der Waals surface area contributed by atoms with Gasteiger partial charge in [-0.3, -0.25) is 0 Å². The summed E-state index contributed by atoms with van der Waals surface area (Å²) < 4.78 is 10.4. The van der Waals surface area contributed by atoms with Gasteiger partial charge < -0.3 is 14.8 Å². The number of nitrogens with one attached hydrogen (secondary N) is 1. The van der Waals surface area contributed by atoms with Crippen LogP contribution in [0.4, 0.5) is 0 Å². The smallest absolute Gasteiger partial charge is 0.0467 e. The van der Waals surface area contributed by atoms with Gasteiger partial charge in [0.2, 0.25) is 0 Å². The first kappa shape index (κ1) is 12.0. The Morgan fingerprint density at radius 1 is 1.00 bits per heavy atom. The number of rotatable bonds is 6. The zero-order valence-corrected chi connectivity index (χ0v) is 9.47. The zero-order valence-electron chi connectivity index (χ0n) is 9.47. The topological polar surface area (TPSA) is 30.5 Å². The molecule has 0 bridgehead atoms. The van der Waals surface area contributed by atoms with Gasteiger partial charge in [-0.05, 0) is 44.2 Å². The Hall–Kier alpha value is -0.120. The average Bonchev–Trinajstić information content (AvgIpc) is 2.25. The van der Waals surface area contributed by atoms with Gasteiger partial charge in [0, 0.05) is 27.4 Å². The molecule has 1 saturated heterocycles. The first-order chi connectivity index (χ1) is 6.83. The standard InChI is InChI=1S/C11H23NO2/c1-13-9-5-11(6-10-14-2)3-7-12-8-4-11/h12H,3-10H2,1-2H3. The van der Waals surface area contributed by atoms with Gasteiger partial charge in [-0.1, -0.05) is 0 Å². The van der Waals surface area contributed by atoms with Crippen molar-refractivity contribution in [3.8, 4) is 0 Å². The fraction of sp³-hybridized carbons (Fsp3) is 1.00. The molecular formula is C11H23NO2. The van der Waals surface area contributed by atoms with Gasteiger partial charge >= 0.3 is 0 Å². The van der Waals surface area contributed by atoms with Crippen LogP contribution >= 0.6 is 0 Å². The molecule has 3 heteroatoms. The van der Waals surface area contributed by atoms with Crippen molar-refractivity contribution < 1.29 is 9.47 Å². The molecule has 0 aromatic carbocycles. The molecule has 1 rings (SSSR count). The Morgan fingerprint density at radius 3 is 1.93 bits per heavy atom. The van der Waals surface area contributed by atoms with Crippen molar-refractivity contribution in [3.63, 3.8) is 0 Å². The van der Waals surface area contributed by atoms with Crippen molar-refractivity contribution >= 4 is 0 Å². The SMILES string of the molecule is COCCC1(CCOC)CCNCC1. The summed E-state index contributed by atoms with van der Waals surface area (Å²) in [5.74, 6) is 0. The molecule has 0 spiro atoms. The van der Waals surface area contributed by atoms with Gasteiger partial charge in [-0.15, -0.1) is 0 Å². The van der Waals surface area contributed by atoms with Crippen LogP contribution in [-0.4, -0.2) is 40.5 Å². The molecular weight excluding hydrogens is 178 g/mol. The van der Waals surface area contributed by atoms with Gasteiger partial charge in [-0.25, -0.2) is 0 Å². The van der Waals surface area contributed by atoms with Crippen LogP contribution in [0, 0.1) is 5.41 Å². The highest BCUT2D eigenvalue weighted by atomic mass is 16.5. The minimum absolute atomic E-state index is 0.470. The van der Waals surface area contributed by atoms with Crippen LogP contribution in [0.5, 0.6) is 0 Å². The second kappa shape index (κ2) is 6.38. The van der Waals surface area contributed by atoms with Crippen LogP contribution in [0.15, 0.2) is 0 Å². The van der Waals surface area contributed by atoms with Gasteiger partial charge in [0.25, 0.3) is 0 Å². The number of ether oxygens (including phenoxy) is 2. The van der Waals surface area contributed by atoms with E-state index in [1.54, 1.807) is 14.2 Å². The first-order valence-corrected chi connectivity index (χ1v) is 5.52. The summed E-state index contributed by atoms with van der Waals surface area (Å²) in [7, 11) is 3.57. The molecule has 0 aromatic rings. The van der Waals surface area contributed by atoms with Crippen molar-refractivity contribution in [3.05, 3.63) is 0 Å². The summed E-state index contributed by atoms with van der Waals surface area (Å²) in [4.78, 5) is 0. The summed E-state index contributed by atoms with van der Waals surface area (Å²) >= 11 is 0. The lowest BCUT2D eigenvalue weighted by molar-refractivity contribution is 0.0694. The van der Waals surface area contributed by atoms with E-state index in [0.717, 1.165) is 26.3 Å². The third kappa shape index (κ3) is 3.56. The van der Waals surface area contributed by atoms with E-state index in [-0.39, 0.29) is 0 Å². The minimum atomic E-state index is 0.470. The van der Waals surface area contributed by atoms with Gasteiger partial charge in [0.05, 0.1) is 0 Å². The van der Waals surface area contributed by atoms with Crippen molar-refractivity contribution in [1.82, 2.24) is 5.32 Å². The molecule has 0 saturated carbocycles. The molecule has 1 heterocycles. The van der Waals surface area contributed by atoms with Crippen LogP contribution in [0.3, 0.4) is 0 Å². The van der Waals surface area contributed by atoms with Crippen molar-refractivity contribution in [2.75, 3.05) is 40.5 Å². The van der Waals surface area contributed by atoms with E-state index < -0.39 is 0 Å². The highest BCUT2D eigenvalue weighted by Crippen LogP contribution is 2.36. The third-order valence-corrected chi connectivity index (χ3v) is 3.34. The maximum atomic E-state index is 5.19. The quantitative estimate of drug-likeness (QED) is 0.705. The summed E-state index contributed by atoms with van der Waals surface area (Å²) in [5, 5.41) is 3.41. The van der Waals surface area contributed by atoms with E-state index >= 15 is 0 Å². The maximum Gasteiger partial charge on any atom is 0.0467 e. The Morgan fingerprint density at radius 2 is 1.50 bits per heavy atom. The number of hydrogen-bond acceptors (Lipinski definition) is 3. The van der Waals surface area contributed by atoms with Gasteiger partial charge in [0.1, 0.15) is 0 Å². The third-order valence-electron chi connectivity index (χ3n) is 3.34. The molecule has 14 heavy (non-hydrogen) atoms. The number of piperidine rings is 1. The van der Waals surface area contributed by atoms with E-state index in [1.165, 1.54) is 25.7 Å². The predicted octanol–water partition coefficient (Wildman–Crippen LogP) is 1.43. The molecule has 0 aromatic heterocycles. The molecule has 0 aliphatic carbocycles. The molecule has 1 aliphatic rings. The van der Waals surface area contributed by atoms with Crippen LogP contribution in [-0.2, 0) is 9.47 Å². The highest BCUT2D eigenvalue weighted by Gasteiger charge is 2.30. The monoisotopic (exact) mass is 201 g/mol. The van der Waals surface area contributed by atoms with E-state index in [1.807, 2.05) is 0 Å². The highest BCUT2D eigenvalue weighted by molar-refractivity contribution is 4.84. The van der Waals surface area contributed by atoms with Crippen LogP contribution < -0.4 is 5.32 Å². The zero-order chi connectivity index (χ0) is 10.3. The lowest BCUT2D eigenvalue weighted by Gasteiger charge is -2.37. The second-order valence-corrected chi connectivity index (χ2v) is 4.24. The number of hydrogen-bond donors (Lipinski definition) is 1. The van der Waals surface area contributed by atoms with Crippen LogP contribution in [0.1, 0.15) is 25.7 Å².